The van der Waals surface area contributed by atoms with Gasteiger partial charge in [-0.1, -0.05) is 24.3 Å². The molecule has 0 aliphatic heterocycles. The average Bonchev–Trinajstić information content (AvgIpc) is 2.70. The molecule has 3 rings (SSSR count). The van der Waals surface area contributed by atoms with Crippen molar-refractivity contribution in [2.45, 2.75) is 18.7 Å². The normalized spacial score (nSPS) is 11.1. The molecule has 0 atom stereocenters. The number of anilines is 2. The van der Waals surface area contributed by atoms with E-state index in [2.05, 4.69) is 26.0 Å². The van der Waals surface area contributed by atoms with Gasteiger partial charge in [0.05, 0.1) is 12.8 Å². The van der Waals surface area contributed by atoms with Gasteiger partial charge in [0.15, 0.2) is 0 Å². The van der Waals surface area contributed by atoms with E-state index in [0.29, 0.717) is 21.4 Å². The summed E-state index contributed by atoms with van der Waals surface area (Å²) in [6, 6.07) is 17.0. The fourth-order valence-electron chi connectivity index (χ4n) is 2.91. The minimum Gasteiger partial charge on any atom is -0.495 e. The van der Waals surface area contributed by atoms with E-state index in [1.165, 1.54) is 19.2 Å². The molecule has 0 aliphatic carbocycles. The van der Waals surface area contributed by atoms with Gasteiger partial charge in [-0.3, -0.25) is 9.52 Å². The Morgan fingerprint density at radius 3 is 2.43 bits per heavy atom. The third kappa shape index (κ3) is 4.83. The number of ether oxygens (including phenoxy) is 1. The number of aryl methyl sites for hydroxylation is 2. The molecular formula is C22H21BrN2O4S. The molecule has 0 heterocycles. The Labute approximate surface area is 184 Å². The molecule has 0 aliphatic rings. The molecule has 156 valence electrons. The third-order valence-corrected chi connectivity index (χ3v) is 6.55. The highest BCUT2D eigenvalue weighted by atomic mass is 79.9. The van der Waals surface area contributed by atoms with Gasteiger partial charge < -0.3 is 10.1 Å². The summed E-state index contributed by atoms with van der Waals surface area (Å²) in [4.78, 5) is 12.5. The molecule has 0 unspecified atom stereocenters. The van der Waals surface area contributed by atoms with Crippen molar-refractivity contribution in [3.8, 4) is 5.75 Å². The topological polar surface area (TPSA) is 84.5 Å². The molecule has 6 nitrogen and oxygen atoms in total. The largest absolute Gasteiger partial charge is 0.495 e. The molecule has 3 aromatic rings. The number of sulfonamides is 1. The van der Waals surface area contributed by atoms with Crippen molar-refractivity contribution in [1.82, 2.24) is 0 Å². The van der Waals surface area contributed by atoms with Crippen molar-refractivity contribution < 1.29 is 17.9 Å². The number of carbonyl (C=O) groups is 1. The monoisotopic (exact) mass is 488 g/mol. The summed E-state index contributed by atoms with van der Waals surface area (Å²) in [5, 5.41) is 2.75. The third-order valence-electron chi connectivity index (χ3n) is 4.47. The van der Waals surface area contributed by atoms with Crippen LogP contribution < -0.4 is 14.8 Å². The van der Waals surface area contributed by atoms with Crippen LogP contribution in [0, 0.1) is 13.8 Å². The van der Waals surface area contributed by atoms with Crippen molar-refractivity contribution in [2.75, 3.05) is 17.1 Å². The van der Waals surface area contributed by atoms with Crippen LogP contribution in [0.4, 0.5) is 11.4 Å². The zero-order valence-corrected chi connectivity index (χ0v) is 19.1. The molecule has 0 fully saturated rings. The van der Waals surface area contributed by atoms with E-state index < -0.39 is 10.0 Å². The summed E-state index contributed by atoms with van der Waals surface area (Å²) < 4.78 is 34.6. The van der Waals surface area contributed by atoms with Crippen LogP contribution in [0.3, 0.4) is 0 Å². The standard InChI is InChI=1S/C22H21BrN2O4S/c1-14-8-10-18(23)19(12-14)25-30(27,28)21-13-16(9-11-20(21)29-3)24-22(26)17-7-5-4-6-15(17)2/h4-13,25H,1-3H3,(H,24,26). The highest BCUT2D eigenvalue weighted by molar-refractivity contribution is 9.10. The van der Waals surface area contributed by atoms with E-state index >= 15 is 0 Å². The molecular weight excluding hydrogens is 468 g/mol. The van der Waals surface area contributed by atoms with Gasteiger partial charge >= 0.3 is 0 Å². The van der Waals surface area contributed by atoms with E-state index in [1.54, 1.807) is 30.3 Å². The van der Waals surface area contributed by atoms with Crippen molar-refractivity contribution in [3.05, 3.63) is 81.8 Å². The lowest BCUT2D eigenvalue weighted by Gasteiger charge is -2.15. The Hall–Kier alpha value is -2.84. The molecule has 0 bridgehead atoms. The number of hydrogen-bond donors (Lipinski definition) is 2. The number of rotatable bonds is 6. The maximum absolute atomic E-state index is 13.1. The smallest absolute Gasteiger partial charge is 0.265 e. The zero-order valence-electron chi connectivity index (χ0n) is 16.7. The Kier molecular flexibility index (Phi) is 6.48. The number of benzene rings is 3. The maximum atomic E-state index is 13.1. The minimum absolute atomic E-state index is 0.0824. The molecule has 0 radical (unpaired) electrons. The van der Waals surface area contributed by atoms with Crippen LogP contribution in [0.25, 0.3) is 0 Å². The van der Waals surface area contributed by atoms with Gasteiger partial charge in [0.1, 0.15) is 10.6 Å². The van der Waals surface area contributed by atoms with Gasteiger partial charge in [0.2, 0.25) is 0 Å². The number of nitrogens with one attached hydrogen (secondary N) is 2. The first-order chi connectivity index (χ1) is 14.2. The van der Waals surface area contributed by atoms with Gasteiger partial charge in [-0.2, -0.15) is 0 Å². The molecule has 30 heavy (non-hydrogen) atoms. The minimum atomic E-state index is -3.98. The molecule has 0 aromatic heterocycles. The first-order valence-electron chi connectivity index (χ1n) is 9.05. The SMILES string of the molecule is COc1ccc(NC(=O)c2ccccc2C)cc1S(=O)(=O)Nc1cc(C)ccc1Br. The first-order valence-corrected chi connectivity index (χ1v) is 11.3. The predicted molar refractivity (Wildman–Crippen MR) is 122 cm³/mol. The average molecular weight is 489 g/mol. The van der Waals surface area contributed by atoms with Crippen LogP contribution in [-0.2, 0) is 10.0 Å². The number of halogens is 1. The molecule has 0 saturated heterocycles. The van der Waals surface area contributed by atoms with Crippen molar-refractivity contribution >= 4 is 43.2 Å². The zero-order chi connectivity index (χ0) is 21.9. The van der Waals surface area contributed by atoms with Gasteiger partial charge in [-0.15, -0.1) is 0 Å². The second-order valence-electron chi connectivity index (χ2n) is 6.72. The number of amides is 1. The Balaban J connectivity index is 1.95. The number of carbonyl (C=O) groups excluding carboxylic acids is 1. The summed E-state index contributed by atoms with van der Waals surface area (Å²) in [7, 11) is -2.59. The van der Waals surface area contributed by atoms with Crippen LogP contribution >= 0.6 is 15.9 Å². The van der Waals surface area contributed by atoms with Crippen molar-refractivity contribution in [3.63, 3.8) is 0 Å². The van der Waals surface area contributed by atoms with Gasteiger partial charge in [-0.05, 0) is 77.3 Å². The summed E-state index contributed by atoms with van der Waals surface area (Å²) in [6.45, 7) is 3.70. The van der Waals surface area contributed by atoms with Crippen LogP contribution in [0.5, 0.6) is 5.75 Å². The van der Waals surface area contributed by atoms with Crippen molar-refractivity contribution in [2.24, 2.45) is 0 Å². The van der Waals surface area contributed by atoms with Gasteiger partial charge in [0.25, 0.3) is 15.9 Å². The Morgan fingerprint density at radius 1 is 1.00 bits per heavy atom. The van der Waals surface area contributed by atoms with Gasteiger partial charge in [0, 0.05) is 15.7 Å². The summed E-state index contributed by atoms with van der Waals surface area (Å²) >= 11 is 3.36. The van der Waals surface area contributed by atoms with Crippen LogP contribution in [0.15, 0.2) is 70.0 Å². The number of methoxy groups -OCH3 is 1. The predicted octanol–water partition coefficient (Wildman–Crippen LogP) is 5.13. The molecule has 3 aromatic carbocycles. The van der Waals surface area contributed by atoms with Gasteiger partial charge in [-0.25, -0.2) is 8.42 Å². The number of hydrogen-bond acceptors (Lipinski definition) is 4. The van der Waals surface area contributed by atoms with E-state index in [4.69, 9.17) is 4.74 Å². The second-order valence-corrected chi connectivity index (χ2v) is 9.23. The van der Waals surface area contributed by atoms with E-state index in [9.17, 15) is 13.2 Å². The summed E-state index contributed by atoms with van der Waals surface area (Å²) in [5.41, 5.74) is 2.99. The summed E-state index contributed by atoms with van der Waals surface area (Å²) in [5.74, 6) is -0.156. The quantitative estimate of drug-likeness (QED) is 0.503. The fourth-order valence-corrected chi connectivity index (χ4v) is 4.65. The maximum Gasteiger partial charge on any atom is 0.265 e. The molecule has 1 amide bonds. The van der Waals surface area contributed by atoms with E-state index in [0.717, 1.165) is 11.1 Å². The lowest BCUT2D eigenvalue weighted by Crippen LogP contribution is -2.17. The fraction of sp³-hybridized carbons (Fsp3) is 0.136. The Morgan fingerprint density at radius 2 is 1.73 bits per heavy atom. The lowest BCUT2D eigenvalue weighted by molar-refractivity contribution is 0.102. The van der Waals surface area contributed by atoms with Crippen LogP contribution in [0.1, 0.15) is 21.5 Å². The summed E-state index contributed by atoms with van der Waals surface area (Å²) in [6.07, 6.45) is 0. The highest BCUT2D eigenvalue weighted by Crippen LogP contribution is 2.31. The second kappa shape index (κ2) is 8.89. The highest BCUT2D eigenvalue weighted by Gasteiger charge is 2.22. The van der Waals surface area contributed by atoms with Crippen LogP contribution in [0.2, 0.25) is 0 Å². The van der Waals surface area contributed by atoms with Crippen LogP contribution in [-0.4, -0.2) is 21.4 Å². The van der Waals surface area contributed by atoms with Crippen molar-refractivity contribution in [1.29, 1.82) is 0 Å². The molecule has 0 spiro atoms. The van der Waals surface area contributed by atoms with E-state index in [-0.39, 0.29) is 16.6 Å². The van der Waals surface area contributed by atoms with E-state index in [1.807, 2.05) is 32.0 Å². The lowest BCUT2D eigenvalue weighted by atomic mass is 10.1. The first kappa shape index (κ1) is 21.9. The molecule has 2 N–H and O–H groups in total. The molecule has 0 saturated carbocycles. The molecule has 8 heteroatoms. The Bertz CT molecular complexity index is 1210.